The molecule has 2 aromatic carbocycles. The smallest absolute Gasteiger partial charge is 0.411 e. The van der Waals surface area contributed by atoms with Crippen LogP contribution >= 0.6 is 23.3 Å². The van der Waals surface area contributed by atoms with Crippen molar-refractivity contribution in [1.82, 2.24) is 9.71 Å². The standard InChI is InChI=1S/C24H30N4O2S2/c1-15(2)30-23(29)27-18-11-12-19(20(13-18)32-28-24(3,4)5)21-14-26-22(31-21)16-7-9-17(25-6)10-8-16/h7-15,25,28H,1-6H3,(H,27,29). The first-order valence-corrected chi connectivity index (χ1v) is 12.1. The highest BCUT2D eigenvalue weighted by Crippen LogP contribution is 2.38. The van der Waals surface area contributed by atoms with Gasteiger partial charge in [0, 0.05) is 46.2 Å². The van der Waals surface area contributed by atoms with Crippen molar-refractivity contribution in [3.63, 3.8) is 0 Å². The van der Waals surface area contributed by atoms with Crippen molar-refractivity contribution in [2.24, 2.45) is 0 Å². The second-order valence-electron chi connectivity index (χ2n) is 8.60. The van der Waals surface area contributed by atoms with E-state index in [0.717, 1.165) is 31.6 Å². The van der Waals surface area contributed by atoms with Crippen LogP contribution in [-0.4, -0.2) is 29.8 Å². The van der Waals surface area contributed by atoms with Gasteiger partial charge in [-0.05, 0) is 83.0 Å². The van der Waals surface area contributed by atoms with E-state index in [1.807, 2.05) is 57.4 Å². The number of nitrogens with zero attached hydrogens (tertiary/aromatic N) is 1. The second-order valence-corrected chi connectivity index (χ2v) is 10.5. The number of aromatic nitrogens is 1. The summed E-state index contributed by atoms with van der Waals surface area (Å²) in [5.74, 6) is 0. The fourth-order valence-corrected chi connectivity index (χ4v) is 4.68. The van der Waals surface area contributed by atoms with Crippen molar-refractivity contribution in [1.29, 1.82) is 0 Å². The third kappa shape index (κ3) is 6.72. The average molecular weight is 471 g/mol. The summed E-state index contributed by atoms with van der Waals surface area (Å²) in [6, 6.07) is 14.1. The van der Waals surface area contributed by atoms with E-state index in [2.05, 4.69) is 53.2 Å². The average Bonchev–Trinajstić information content (AvgIpc) is 3.21. The Labute approximate surface area is 198 Å². The molecule has 0 aliphatic carbocycles. The van der Waals surface area contributed by atoms with E-state index < -0.39 is 6.09 Å². The molecule has 3 N–H and O–H groups in total. The number of hydrogen-bond donors (Lipinski definition) is 3. The van der Waals surface area contributed by atoms with Crippen molar-refractivity contribution in [2.75, 3.05) is 17.7 Å². The molecule has 3 rings (SSSR count). The van der Waals surface area contributed by atoms with Gasteiger partial charge in [-0.1, -0.05) is 6.07 Å². The van der Waals surface area contributed by atoms with Gasteiger partial charge >= 0.3 is 6.09 Å². The van der Waals surface area contributed by atoms with E-state index in [1.54, 1.807) is 23.3 Å². The molecule has 0 spiro atoms. The van der Waals surface area contributed by atoms with Crippen molar-refractivity contribution in [3.8, 4) is 21.0 Å². The Balaban J connectivity index is 1.90. The number of nitrogens with one attached hydrogen (secondary N) is 3. The molecule has 0 bridgehead atoms. The fourth-order valence-electron chi connectivity index (χ4n) is 2.77. The largest absolute Gasteiger partial charge is 0.447 e. The number of thiazole rings is 1. The number of hydrogen-bond acceptors (Lipinski definition) is 7. The normalized spacial score (nSPS) is 11.5. The molecule has 0 radical (unpaired) electrons. The van der Waals surface area contributed by atoms with E-state index in [4.69, 9.17) is 4.74 Å². The van der Waals surface area contributed by atoms with Gasteiger partial charge < -0.3 is 10.1 Å². The predicted molar refractivity (Wildman–Crippen MR) is 137 cm³/mol. The van der Waals surface area contributed by atoms with E-state index in [0.29, 0.717) is 5.69 Å². The summed E-state index contributed by atoms with van der Waals surface area (Å²) in [7, 11) is 1.91. The molecule has 32 heavy (non-hydrogen) atoms. The lowest BCUT2D eigenvalue weighted by molar-refractivity contribution is 0.130. The fraction of sp³-hybridized carbons (Fsp3) is 0.333. The number of ether oxygens (including phenoxy) is 1. The van der Waals surface area contributed by atoms with Crippen LogP contribution in [0.3, 0.4) is 0 Å². The van der Waals surface area contributed by atoms with Crippen molar-refractivity contribution < 1.29 is 9.53 Å². The van der Waals surface area contributed by atoms with E-state index in [-0.39, 0.29) is 11.6 Å². The summed E-state index contributed by atoms with van der Waals surface area (Å²) >= 11 is 3.19. The lowest BCUT2D eigenvalue weighted by Crippen LogP contribution is -2.29. The van der Waals surface area contributed by atoms with Gasteiger partial charge in [-0.25, -0.2) is 9.78 Å². The summed E-state index contributed by atoms with van der Waals surface area (Å²) in [6.45, 7) is 9.99. The van der Waals surface area contributed by atoms with E-state index >= 15 is 0 Å². The Bertz CT molecular complexity index is 1060. The zero-order valence-corrected chi connectivity index (χ0v) is 20.9. The van der Waals surface area contributed by atoms with Gasteiger partial charge in [0.15, 0.2) is 0 Å². The summed E-state index contributed by atoms with van der Waals surface area (Å²) in [4.78, 5) is 18.8. The highest BCUT2D eigenvalue weighted by atomic mass is 32.2. The highest BCUT2D eigenvalue weighted by molar-refractivity contribution is 7.97. The SMILES string of the molecule is CNc1ccc(-c2ncc(-c3ccc(NC(=O)OC(C)C)cc3SNC(C)(C)C)s2)cc1. The predicted octanol–water partition coefficient (Wildman–Crippen LogP) is 6.87. The van der Waals surface area contributed by atoms with Crippen LogP contribution in [0.1, 0.15) is 34.6 Å². The van der Waals surface area contributed by atoms with Crippen molar-refractivity contribution in [2.45, 2.75) is 51.2 Å². The molecule has 6 nitrogen and oxygen atoms in total. The maximum atomic E-state index is 12.0. The molecule has 0 saturated heterocycles. The summed E-state index contributed by atoms with van der Waals surface area (Å²) < 4.78 is 8.67. The van der Waals surface area contributed by atoms with Crippen LogP contribution in [0.5, 0.6) is 0 Å². The first-order valence-electron chi connectivity index (χ1n) is 10.4. The Morgan fingerprint density at radius 1 is 1.09 bits per heavy atom. The van der Waals surface area contributed by atoms with Crippen molar-refractivity contribution >= 4 is 40.8 Å². The maximum Gasteiger partial charge on any atom is 0.411 e. The summed E-state index contributed by atoms with van der Waals surface area (Å²) in [5.41, 5.74) is 3.82. The van der Waals surface area contributed by atoms with Gasteiger partial charge in [-0.15, -0.1) is 11.3 Å². The van der Waals surface area contributed by atoms with Crippen LogP contribution in [0.4, 0.5) is 16.2 Å². The Hall–Kier alpha value is -2.55. The third-order valence-electron chi connectivity index (χ3n) is 4.23. The van der Waals surface area contributed by atoms with E-state index in [9.17, 15) is 4.79 Å². The number of carbonyl (C=O) groups excluding carboxylic acids is 1. The second kappa shape index (κ2) is 10.4. The van der Waals surface area contributed by atoms with Crippen LogP contribution < -0.4 is 15.4 Å². The van der Waals surface area contributed by atoms with Gasteiger partial charge in [0.05, 0.1) is 11.0 Å². The summed E-state index contributed by atoms with van der Waals surface area (Å²) in [5, 5.41) is 6.91. The highest BCUT2D eigenvalue weighted by Gasteiger charge is 2.16. The Morgan fingerprint density at radius 3 is 2.41 bits per heavy atom. The molecule has 0 fully saturated rings. The maximum absolute atomic E-state index is 12.0. The van der Waals surface area contributed by atoms with Gasteiger partial charge in [0.2, 0.25) is 0 Å². The monoisotopic (exact) mass is 470 g/mol. The molecule has 3 aromatic rings. The lowest BCUT2D eigenvalue weighted by atomic mass is 10.1. The molecule has 1 heterocycles. The topological polar surface area (TPSA) is 75.3 Å². The van der Waals surface area contributed by atoms with Crippen LogP contribution in [0.2, 0.25) is 0 Å². The molecular formula is C24H30N4O2S2. The van der Waals surface area contributed by atoms with Gasteiger partial charge in [-0.2, -0.15) is 0 Å². The van der Waals surface area contributed by atoms with Crippen molar-refractivity contribution in [3.05, 3.63) is 48.7 Å². The minimum atomic E-state index is -0.461. The molecule has 170 valence electrons. The first kappa shape index (κ1) is 24.1. The van der Waals surface area contributed by atoms with Gasteiger partial charge in [0.1, 0.15) is 5.01 Å². The molecule has 1 amide bonds. The number of amides is 1. The molecule has 0 aliphatic heterocycles. The molecule has 8 heteroatoms. The Kier molecular flexibility index (Phi) is 7.82. The zero-order chi connectivity index (χ0) is 23.3. The molecule has 0 atom stereocenters. The van der Waals surface area contributed by atoms with Gasteiger partial charge in [0.25, 0.3) is 0 Å². The number of anilines is 2. The zero-order valence-electron chi connectivity index (χ0n) is 19.3. The molecule has 0 saturated carbocycles. The lowest BCUT2D eigenvalue weighted by Gasteiger charge is -2.21. The van der Waals surface area contributed by atoms with Crippen LogP contribution in [0, 0.1) is 0 Å². The quantitative estimate of drug-likeness (QED) is 0.327. The molecule has 1 aromatic heterocycles. The minimum Gasteiger partial charge on any atom is -0.447 e. The third-order valence-corrected chi connectivity index (χ3v) is 6.58. The minimum absolute atomic E-state index is 0.0735. The molecule has 0 aliphatic rings. The Morgan fingerprint density at radius 2 is 1.78 bits per heavy atom. The first-order chi connectivity index (χ1) is 15.1. The molecular weight excluding hydrogens is 440 g/mol. The number of benzene rings is 2. The summed E-state index contributed by atoms with van der Waals surface area (Å²) in [6.07, 6.45) is 1.27. The van der Waals surface area contributed by atoms with Crippen LogP contribution in [-0.2, 0) is 4.74 Å². The number of rotatable bonds is 7. The van der Waals surface area contributed by atoms with Crippen LogP contribution in [0.15, 0.2) is 53.6 Å². The number of carbonyl (C=O) groups is 1. The van der Waals surface area contributed by atoms with E-state index in [1.165, 1.54) is 0 Å². The van der Waals surface area contributed by atoms with Crippen LogP contribution in [0.25, 0.3) is 21.0 Å². The van der Waals surface area contributed by atoms with Gasteiger partial charge in [-0.3, -0.25) is 10.0 Å². The molecule has 0 unspecified atom stereocenters.